The van der Waals surface area contributed by atoms with Crippen molar-refractivity contribution in [1.29, 1.82) is 0 Å². The summed E-state index contributed by atoms with van der Waals surface area (Å²) >= 11 is 1.44. The Kier molecular flexibility index (Phi) is 1.67. The van der Waals surface area contributed by atoms with Crippen molar-refractivity contribution < 1.29 is 9.59 Å². The highest BCUT2D eigenvalue weighted by Crippen LogP contribution is 2.44. The summed E-state index contributed by atoms with van der Waals surface area (Å²) in [5.74, 6) is -0.486. The summed E-state index contributed by atoms with van der Waals surface area (Å²) < 4.78 is -1.03. The molecule has 0 unspecified atom stereocenters. The molecular formula is C8H12O2S. The van der Waals surface area contributed by atoms with E-state index in [2.05, 4.69) is 0 Å². The summed E-state index contributed by atoms with van der Waals surface area (Å²) in [5.41, 5.74) is 0. The summed E-state index contributed by atoms with van der Waals surface area (Å²) in [6, 6.07) is 0. The zero-order chi connectivity index (χ0) is 8.86. The van der Waals surface area contributed by atoms with Gasteiger partial charge >= 0.3 is 0 Å². The summed E-state index contributed by atoms with van der Waals surface area (Å²) in [7, 11) is 0. The van der Waals surface area contributed by atoms with Gasteiger partial charge in [0.15, 0.2) is 0 Å². The lowest BCUT2D eigenvalue weighted by molar-refractivity contribution is -0.137. The molecule has 3 heteroatoms. The fourth-order valence-corrected chi connectivity index (χ4v) is 2.92. The van der Waals surface area contributed by atoms with Crippen LogP contribution in [0.2, 0.25) is 0 Å². The fraction of sp³-hybridized carbons (Fsp3) is 0.750. The molecule has 1 rings (SSSR count). The van der Waals surface area contributed by atoms with Crippen LogP contribution >= 0.6 is 11.8 Å². The van der Waals surface area contributed by atoms with Crippen LogP contribution in [0, 0.1) is 0 Å². The van der Waals surface area contributed by atoms with Gasteiger partial charge in [0.25, 0.3) is 0 Å². The third-order valence-corrected chi connectivity index (χ3v) is 3.20. The number of ketones is 2. The van der Waals surface area contributed by atoms with Gasteiger partial charge in [0.05, 0.1) is 9.49 Å². The van der Waals surface area contributed by atoms with Crippen molar-refractivity contribution in [1.82, 2.24) is 0 Å². The van der Waals surface area contributed by atoms with E-state index < -0.39 is 9.49 Å². The average Bonchev–Trinajstić information content (AvgIpc) is 1.91. The topological polar surface area (TPSA) is 34.1 Å². The van der Waals surface area contributed by atoms with Crippen LogP contribution in [-0.4, -0.2) is 21.1 Å². The van der Waals surface area contributed by atoms with Gasteiger partial charge in [0.1, 0.15) is 0 Å². The van der Waals surface area contributed by atoms with Crippen LogP contribution in [0.1, 0.15) is 27.7 Å². The summed E-state index contributed by atoms with van der Waals surface area (Å²) in [5, 5.41) is 0. The van der Waals surface area contributed by atoms with Gasteiger partial charge in [-0.25, -0.2) is 0 Å². The Morgan fingerprint density at radius 3 is 1.27 bits per heavy atom. The van der Waals surface area contributed by atoms with Crippen molar-refractivity contribution >= 4 is 23.3 Å². The van der Waals surface area contributed by atoms with E-state index >= 15 is 0 Å². The minimum Gasteiger partial charge on any atom is -0.289 e. The van der Waals surface area contributed by atoms with E-state index in [0.29, 0.717) is 0 Å². The van der Waals surface area contributed by atoms with Crippen molar-refractivity contribution in [2.75, 3.05) is 0 Å². The van der Waals surface area contributed by atoms with Crippen molar-refractivity contribution in [3.63, 3.8) is 0 Å². The second kappa shape index (κ2) is 2.09. The number of hydrogen-bond donors (Lipinski definition) is 0. The van der Waals surface area contributed by atoms with Gasteiger partial charge in [-0.05, 0) is 27.7 Å². The monoisotopic (exact) mass is 172 g/mol. The molecule has 62 valence electrons. The first-order valence-electron chi connectivity index (χ1n) is 3.57. The molecule has 1 heterocycles. The molecule has 0 aromatic carbocycles. The molecule has 0 aromatic heterocycles. The van der Waals surface area contributed by atoms with Crippen LogP contribution in [0.5, 0.6) is 0 Å². The number of carbonyl (C=O) groups excluding carboxylic acids is 2. The van der Waals surface area contributed by atoms with Gasteiger partial charge in [-0.15, -0.1) is 11.8 Å². The quantitative estimate of drug-likeness (QED) is 0.518. The van der Waals surface area contributed by atoms with E-state index in [1.54, 1.807) is 27.7 Å². The molecular weight excluding hydrogens is 160 g/mol. The molecule has 1 aliphatic rings. The Bertz CT molecular complexity index is 204. The van der Waals surface area contributed by atoms with Crippen LogP contribution in [-0.2, 0) is 9.59 Å². The highest BCUT2D eigenvalue weighted by atomic mass is 32.2. The minimum atomic E-state index is -0.513. The third kappa shape index (κ3) is 1.22. The number of Topliss-reactive ketones (excluding diaryl/α,β-unsaturated/α-hetero) is 2. The van der Waals surface area contributed by atoms with Crippen molar-refractivity contribution in [2.45, 2.75) is 37.2 Å². The lowest BCUT2D eigenvalue weighted by atomic mass is 9.98. The van der Waals surface area contributed by atoms with Gasteiger partial charge < -0.3 is 0 Å². The van der Waals surface area contributed by atoms with Gasteiger partial charge in [-0.2, -0.15) is 0 Å². The predicted octanol–water partition coefficient (Wildman–Crippen LogP) is 1.43. The Morgan fingerprint density at radius 2 is 1.18 bits per heavy atom. The number of rotatable bonds is 0. The standard InChI is InChI=1S/C8H12O2S/c1-7(2)5(9)6(10)8(3,4)11-7/h1-4H3. The molecule has 1 saturated heterocycles. The predicted molar refractivity (Wildman–Crippen MR) is 45.8 cm³/mol. The third-order valence-electron chi connectivity index (χ3n) is 1.81. The maximum atomic E-state index is 11.3. The van der Waals surface area contributed by atoms with Gasteiger partial charge in [-0.3, -0.25) is 9.59 Å². The van der Waals surface area contributed by atoms with Gasteiger partial charge in [0, 0.05) is 0 Å². The molecule has 0 atom stereocenters. The van der Waals surface area contributed by atoms with Crippen LogP contribution in [0.3, 0.4) is 0 Å². The molecule has 0 amide bonds. The molecule has 1 aliphatic heterocycles. The Hall–Kier alpha value is -0.310. The Labute approximate surface area is 70.7 Å². The maximum absolute atomic E-state index is 11.3. The first-order chi connectivity index (χ1) is 4.77. The molecule has 0 aliphatic carbocycles. The van der Waals surface area contributed by atoms with Crippen molar-refractivity contribution in [2.24, 2.45) is 0 Å². The number of carbonyl (C=O) groups is 2. The van der Waals surface area contributed by atoms with E-state index in [1.807, 2.05) is 0 Å². The van der Waals surface area contributed by atoms with E-state index in [4.69, 9.17) is 0 Å². The van der Waals surface area contributed by atoms with Crippen molar-refractivity contribution in [3.05, 3.63) is 0 Å². The highest BCUT2D eigenvalue weighted by Gasteiger charge is 2.52. The normalized spacial score (nSPS) is 27.6. The van der Waals surface area contributed by atoms with Crippen molar-refractivity contribution in [3.8, 4) is 0 Å². The van der Waals surface area contributed by atoms with E-state index in [0.717, 1.165) is 0 Å². The number of hydrogen-bond acceptors (Lipinski definition) is 3. The smallest absolute Gasteiger partial charge is 0.215 e. The van der Waals surface area contributed by atoms with Crippen LogP contribution in [0.15, 0.2) is 0 Å². The zero-order valence-electron chi connectivity index (χ0n) is 7.22. The summed E-state index contributed by atoms with van der Waals surface area (Å²) in [6.45, 7) is 7.19. The second-order valence-electron chi connectivity index (χ2n) is 3.78. The highest BCUT2D eigenvalue weighted by molar-refractivity contribution is 8.04. The van der Waals surface area contributed by atoms with Gasteiger partial charge in [0.2, 0.25) is 11.6 Å². The molecule has 0 aromatic rings. The lowest BCUT2D eigenvalue weighted by Gasteiger charge is -2.17. The largest absolute Gasteiger partial charge is 0.289 e. The van der Waals surface area contributed by atoms with Crippen LogP contribution in [0.25, 0.3) is 0 Å². The SMILES string of the molecule is CC1(C)SC(C)(C)C(=O)C1=O. The fourth-order valence-electron chi connectivity index (χ4n) is 1.28. The van der Waals surface area contributed by atoms with E-state index in [1.165, 1.54) is 11.8 Å². The van der Waals surface area contributed by atoms with Crippen LogP contribution < -0.4 is 0 Å². The average molecular weight is 172 g/mol. The molecule has 0 spiro atoms. The van der Waals surface area contributed by atoms with E-state index in [9.17, 15) is 9.59 Å². The molecule has 1 fully saturated rings. The first kappa shape index (κ1) is 8.78. The summed E-state index contributed by atoms with van der Waals surface area (Å²) in [4.78, 5) is 22.5. The Morgan fingerprint density at radius 1 is 0.909 bits per heavy atom. The lowest BCUT2D eigenvalue weighted by Crippen LogP contribution is -2.30. The molecule has 2 nitrogen and oxygen atoms in total. The molecule has 0 saturated carbocycles. The minimum absolute atomic E-state index is 0.243. The van der Waals surface area contributed by atoms with Crippen LogP contribution in [0.4, 0.5) is 0 Å². The summed E-state index contributed by atoms with van der Waals surface area (Å²) in [6.07, 6.45) is 0. The van der Waals surface area contributed by atoms with E-state index in [-0.39, 0.29) is 11.6 Å². The second-order valence-corrected chi connectivity index (χ2v) is 6.03. The zero-order valence-corrected chi connectivity index (χ0v) is 8.04. The maximum Gasteiger partial charge on any atom is 0.215 e. The molecule has 11 heavy (non-hydrogen) atoms. The molecule has 0 radical (unpaired) electrons. The molecule has 0 bridgehead atoms. The first-order valence-corrected chi connectivity index (χ1v) is 4.38. The molecule has 0 N–H and O–H groups in total. The van der Waals surface area contributed by atoms with Gasteiger partial charge in [-0.1, -0.05) is 0 Å². The Balaban J connectivity index is 3.06. The number of thioether (sulfide) groups is 1.